The number of rotatable bonds is 2. The van der Waals surface area contributed by atoms with Gasteiger partial charge in [0.1, 0.15) is 0 Å². The number of likely N-dealkylation sites (N-methyl/N-ethyl adjacent to an activating group) is 1. The second kappa shape index (κ2) is 3.52. The SMILES string of the molecule is C[C@H]1O[C@@H](CN(C)C)C[C@@H]1O. The van der Waals surface area contributed by atoms with Crippen molar-refractivity contribution in [2.75, 3.05) is 20.6 Å². The molecule has 11 heavy (non-hydrogen) atoms. The molecule has 1 fully saturated rings. The lowest BCUT2D eigenvalue weighted by Gasteiger charge is -2.15. The molecule has 1 aliphatic heterocycles. The number of ether oxygens (including phenoxy) is 1. The van der Waals surface area contributed by atoms with E-state index in [4.69, 9.17) is 4.74 Å². The van der Waals surface area contributed by atoms with Gasteiger partial charge in [-0.3, -0.25) is 0 Å². The summed E-state index contributed by atoms with van der Waals surface area (Å²) in [5.74, 6) is 0. The van der Waals surface area contributed by atoms with E-state index in [1.165, 1.54) is 0 Å². The molecule has 0 aromatic carbocycles. The fourth-order valence-corrected chi connectivity index (χ4v) is 1.44. The zero-order valence-electron chi connectivity index (χ0n) is 7.45. The first-order valence-corrected chi connectivity index (χ1v) is 4.08. The molecule has 0 bridgehead atoms. The Labute approximate surface area is 68.0 Å². The van der Waals surface area contributed by atoms with Crippen molar-refractivity contribution >= 4 is 0 Å². The summed E-state index contributed by atoms with van der Waals surface area (Å²) < 4.78 is 5.49. The number of aliphatic hydroxyl groups excluding tert-OH is 1. The third kappa shape index (κ3) is 2.43. The van der Waals surface area contributed by atoms with E-state index in [0.29, 0.717) is 0 Å². The highest BCUT2D eigenvalue weighted by Gasteiger charge is 2.30. The van der Waals surface area contributed by atoms with E-state index in [9.17, 15) is 5.11 Å². The number of hydrogen-bond donors (Lipinski definition) is 1. The highest BCUT2D eigenvalue weighted by atomic mass is 16.5. The fourth-order valence-electron chi connectivity index (χ4n) is 1.44. The van der Waals surface area contributed by atoms with Gasteiger partial charge in [0.05, 0.1) is 18.3 Å². The molecular formula is C8H17NO2. The Balaban J connectivity index is 2.29. The average molecular weight is 159 g/mol. The molecule has 0 saturated carbocycles. The molecule has 3 atom stereocenters. The number of nitrogens with zero attached hydrogens (tertiary/aromatic N) is 1. The maximum Gasteiger partial charge on any atom is 0.0824 e. The highest BCUT2D eigenvalue weighted by Crippen LogP contribution is 2.19. The molecule has 1 N–H and O–H groups in total. The van der Waals surface area contributed by atoms with Crippen LogP contribution in [0.4, 0.5) is 0 Å². The van der Waals surface area contributed by atoms with Gasteiger partial charge in [-0.05, 0) is 21.0 Å². The Morgan fingerprint density at radius 2 is 2.18 bits per heavy atom. The summed E-state index contributed by atoms with van der Waals surface area (Å²) in [6, 6.07) is 0. The zero-order chi connectivity index (χ0) is 8.43. The Bertz CT molecular complexity index is 115. The van der Waals surface area contributed by atoms with Crippen molar-refractivity contribution < 1.29 is 9.84 Å². The molecule has 1 heterocycles. The van der Waals surface area contributed by atoms with Crippen molar-refractivity contribution in [3.63, 3.8) is 0 Å². The molecule has 0 spiro atoms. The maximum absolute atomic E-state index is 9.34. The molecule has 3 heteroatoms. The van der Waals surface area contributed by atoms with Crippen LogP contribution in [0.3, 0.4) is 0 Å². The van der Waals surface area contributed by atoms with Crippen molar-refractivity contribution in [1.29, 1.82) is 0 Å². The highest BCUT2D eigenvalue weighted by molar-refractivity contribution is 4.80. The first-order chi connectivity index (χ1) is 5.09. The van der Waals surface area contributed by atoms with Gasteiger partial charge in [-0.2, -0.15) is 0 Å². The third-order valence-corrected chi connectivity index (χ3v) is 2.02. The summed E-state index contributed by atoms with van der Waals surface area (Å²) in [5, 5.41) is 9.34. The van der Waals surface area contributed by atoms with Crippen LogP contribution < -0.4 is 0 Å². The van der Waals surface area contributed by atoms with Gasteiger partial charge in [0.15, 0.2) is 0 Å². The predicted molar refractivity (Wildman–Crippen MR) is 43.5 cm³/mol. The lowest BCUT2D eigenvalue weighted by Crippen LogP contribution is -2.25. The number of hydrogen-bond acceptors (Lipinski definition) is 3. The molecule has 0 aliphatic carbocycles. The van der Waals surface area contributed by atoms with Crippen molar-refractivity contribution in [1.82, 2.24) is 4.90 Å². The van der Waals surface area contributed by atoms with E-state index in [1.807, 2.05) is 21.0 Å². The van der Waals surface area contributed by atoms with Crippen LogP contribution >= 0.6 is 0 Å². The third-order valence-electron chi connectivity index (χ3n) is 2.02. The molecule has 1 aliphatic rings. The maximum atomic E-state index is 9.34. The first-order valence-electron chi connectivity index (χ1n) is 4.08. The van der Waals surface area contributed by atoms with E-state index in [-0.39, 0.29) is 18.3 Å². The van der Waals surface area contributed by atoms with Crippen molar-refractivity contribution in [2.24, 2.45) is 0 Å². The molecule has 0 aromatic rings. The fraction of sp³-hybridized carbons (Fsp3) is 1.00. The predicted octanol–water partition coefficient (Wildman–Crippen LogP) is 0.0863. The van der Waals surface area contributed by atoms with Crippen molar-refractivity contribution in [2.45, 2.75) is 31.7 Å². The van der Waals surface area contributed by atoms with E-state index < -0.39 is 0 Å². The second-order valence-corrected chi connectivity index (χ2v) is 3.53. The van der Waals surface area contributed by atoms with Crippen LogP contribution in [0.15, 0.2) is 0 Å². The molecule has 3 nitrogen and oxygen atoms in total. The van der Waals surface area contributed by atoms with Gasteiger partial charge in [-0.1, -0.05) is 0 Å². The average Bonchev–Trinajstić information content (AvgIpc) is 2.10. The van der Waals surface area contributed by atoms with Crippen LogP contribution in [0.25, 0.3) is 0 Å². The molecular weight excluding hydrogens is 142 g/mol. The molecule has 0 radical (unpaired) electrons. The second-order valence-electron chi connectivity index (χ2n) is 3.53. The Kier molecular flexibility index (Phi) is 2.87. The number of aliphatic hydroxyl groups is 1. The van der Waals surface area contributed by atoms with E-state index in [2.05, 4.69) is 4.90 Å². The van der Waals surface area contributed by atoms with Gasteiger partial charge >= 0.3 is 0 Å². The monoisotopic (exact) mass is 159 g/mol. The lowest BCUT2D eigenvalue weighted by molar-refractivity contribution is 0.0139. The summed E-state index contributed by atoms with van der Waals surface area (Å²) in [6.07, 6.45) is 0.745. The van der Waals surface area contributed by atoms with Crippen LogP contribution in [0.1, 0.15) is 13.3 Å². The molecule has 0 aromatic heterocycles. The zero-order valence-corrected chi connectivity index (χ0v) is 7.45. The van der Waals surface area contributed by atoms with Crippen molar-refractivity contribution in [3.8, 4) is 0 Å². The molecule has 1 rings (SSSR count). The Morgan fingerprint density at radius 3 is 2.55 bits per heavy atom. The van der Waals surface area contributed by atoms with Crippen LogP contribution in [0, 0.1) is 0 Å². The summed E-state index contributed by atoms with van der Waals surface area (Å²) in [4.78, 5) is 2.08. The smallest absolute Gasteiger partial charge is 0.0824 e. The Hall–Kier alpha value is -0.120. The summed E-state index contributed by atoms with van der Waals surface area (Å²) in [6.45, 7) is 2.82. The summed E-state index contributed by atoms with van der Waals surface area (Å²) >= 11 is 0. The van der Waals surface area contributed by atoms with Crippen LogP contribution in [-0.2, 0) is 4.74 Å². The van der Waals surface area contributed by atoms with Gasteiger partial charge in [-0.15, -0.1) is 0 Å². The molecule has 0 unspecified atom stereocenters. The van der Waals surface area contributed by atoms with Gasteiger partial charge < -0.3 is 14.7 Å². The van der Waals surface area contributed by atoms with Crippen LogP contribution in [0.5, 0.6) is 0 Å². The van der Waals surface area contributed by atoms with E-state index in [1.54, 1.807) is 0 Å². The van der Waals surface area contributed by atoms with Crippen LogP contribution in [0.2, 0.25) is 0 Å². The van der Waals surface area contributed by atoms with Crippen molar-refractivity contribution in [3.05, 3.63) is 0 Å². The van der Waals surface area contributed by atoms with Gasteiger partial charge in [0.2, 0.25) is 0 Å². The largest absolute Gasteiger partial charge is 0.390 e. The van der Waals surface area contributed by atoms with E-state index in [0.717, 1.165) is 13.0 Å². The van der Waals surface area contributed by atoms with Gasteiger partial charge in [0.25, 0.3) is 0 Å². The van der Waals surface area contributed by atoms with E-state index >= 15 is 0 Å². The molecule has 66 valence electrons. The lowest BCUT2D eigenvalue weighted by atomic mass is 10.1. The quantitative estimate of drug-likeness (QED) is 0.619. The van der Waals surface area contributed by atoms with Gasteiger partial charge in [0, 0.05) is 13.0 Å². The minimum absolute atomic E-state index is 0.0138. The van der Waals surface area contributed by atoms with Gasteiger partial charge in [-0.25, -0.2) is 0 Å². The molecule has 0 amide bonds. The standard InChI is InChI=1S/C8H17NO2/c1-6-8(10)4-7(11-6)5-9(2)3/h6-8,10H,4-5H2,1-3H3/t6-,7-,8+/m1/s1. The minimum atomic E-state index is -0.264. The summed E-state index contributed by atoms with van der Waals surface area (Å²) in [5.41, 5.74) is 0. The minimum Gasteiger partial charge on any atom is -0.390 e. The Morgan fingerprint density at radius 1 is 1.55 bits per heavy atom. The topological polar surface area (TPSA) is 32.7 Å². The molecule has 1 saturated heterocycles. The summed E-state index contributed by atoms with van der Waals surface area (Å²) in [7, 11) is 4.03. The normalized spacial score (nSPS) is 38.5. The first kappa shape index (κ1) is 8.97. The van der Waals surface area contributed by atoms with Crippen LogP contribution in [-0.4, -0.2) is 49.0 Å².